The predicted molar refractivity (Wildman–Crippen MR) is 77.6 cm³/mol. The summed E-state index contributed by atoms with van der Waals surface area (Å²) >= 11 is 0. The number of rotatable bonds is 6. The van der Waals surface area contributed by atoms with E-state index in [0.29, 0.717) is 6.54 Å². The lowest BCUT2D eigenvalue weighted by Gasteiger charge is -2.06. The smallest absolute Gasteiger partial charge is 0.273 e. The van der Waals surface area contributed by atoms with Crippen molar-refractivity contribution in [3.63, 3.8) is 0 Å². The Morgan fingerprint density at radius 3 is 2.65 bits per heavy atom. The number of benzene rings is 1. The van der Waals surface area contributed by atoms with E-state index < -0.39 is 0 Å². The first-order valence-electron chi connectivity index (χ1n) is 6.73. The van der Waals surface area contributed by atoms with Gasteiger partial charge in [-0.25, -0.2) is 4.98 Å². The van der Waals surface area contributed by atoms with Gasteiger partial charge in [-0.1, -0.05) is 30.3 Å². The fourth-order valence-corrected chi connectivity index (χ4v) is 1.96. The number of aromatic hydroxyl groups is 1. The lowest BCUT2D eigenvalue weighted by Crippen LogP contribution is -2.25. The second-order valence-corrected chi connectivity index (χ2v) is 4.57. The average molecular weight is 270 g/mol. The van der Waals surface area contributed by atoms with Gasteiger partial charge >= 0.3 is 0 Å². The molecule has 4 nitrogen and oxygen atoms in total. The number of pyridine rings is 1. The maximum Gasteiger partial charge on any atom is 0.273 e. The molecule has 0 saturated heterocycles. The Morgan fingerprint density at radius 1 is 1.10 bits per heavy atom. The third kappa shape index (κ3) is 4.09. The third-order valence-corrected chi connectivity index (χ3v) is 3.02. The molecule has 2 rings (SSSR count). The first kappa shape index (κ1) is 14.1. The molecule has 20 heavy (non-hydrogen) atoms. The van der Waals surface area contributed by atoms with Gasteiger partial charge in [-0.3, -0.25) is 4.79 Å². The molecule has 2 aromatic rings. The highest BCUT2D eigenvalue weighted by Gasteiger charge is 2.10. The van der Waals surface area contributed by atoms with Crippen molar-refractivity contribution in [2.24, 2.45) is 0 Å². The molecule has 1 aromatic heterocycles. The number of carbonyl (C=O) groups excluding carboxylic acids is 1. The first-order valence-corrected chi connectivity index (χ1v) is 6.73. The number of nitrogens with zero attached hydrogens (tertiary/aromatic N) is 1. The normalized spacial score (nSPS) is 10.2. The van der Waals surface area contributed by atoms with Crippen LogP contribution in [-0.4, -0.2) is 22.5 Å². The van der Waals surface area contributed by atoms with Gasteiger partial charge in [-0.05, 0) is 37.0 Å². The van der Waals surface area contributed by atoms with Crippen LogP contribution in [0.25, 0.3) is 0 Å². The molecule has 104 valence electrons. The molecule has 0 aliphatic heterocycles. The molecular formula is C16H18N2O2. The van der Waals surface area contributed by atoms with Gasteiger partial charge in [-0.2, -0.15) is 0 Å². The van der Waals surface area contributed by atoms with Crippen LogP contribution in [0.1, 0.15) is 28.9 Å². The fourth-order valence-electron chi connectivity index (χ4n) is 1.96. The molecule has 0 spiro atoms. The minimum Gasteiger partial charge on any atom is -0.505 e. The molecule has 1 heterocycles. The minimum absolute atomic E-state index is 0.0792. The summed E-state index contributed by atoms with van der Waals surface area (Å²) in [6.45, 7) is 0.585. The van der Waals surface area contributed by atoms with Gasteiger partial charge in [0.1, 0.15) is 5.75 Å². The SMILES string of the molecule is O=C(NCCCCc1ccccc1)c1ncccc1O. The Balaban J connectivity index is 1.69. The minimum atomic E-state index is -0.331. The van der Waals surface area contributed by atoms with E-state index in [9.17, 15) is 9.90 Å². The number of nitrogens with one attached hydrogen (secondary N) is 1. The van der Waals surface area contributed by atoms with Gasteiger partial charge in [0.05, 0.1) is 0 Å². The van der Waals surface area contributed by atoms with Crippen LogP contribution in [0.3, 0.4) is 0 Å². The van der Waals surface area contributed by atoms with E-state index in [1.165, 1.54) is 17.8 Å². The van der Waals surface area contributed by atoms with E-state index in [0.717, 1.165) is 19.3 Å². The number of aromatic nitrogens is 1. The summed E-state index contributed by atoms with van der Waals surface area (Å²) < 4.78 is 0. The van der Waals surface area contributed by atoms with Gasteiger partial charge in [0.25, 0.3) is 5.91 Å². The molecular weight excluding hydrogens is 252 g/mol. The van der Waals surface area contributed by atoms with E-state index >= 15 is 0 Å². The van der Waals surface area contributed by atoms with E-state index in [1.807, 2.05) is 18.2 Å². The number of amides is 1. The summed E-state index contributed by atoms with van der Waals surface area (Å²) in [5.41, 5.74) is 1.39. The Kier molecular flexibility index (Phi) is 5.12. The van der Waals surface area contributed by atoms with Gasteiger partial charge < -0.3 is 10.4 Å². The molecule has 0 aliphatic carbocycles. The summed E-state index contributed by atoms with van der Waals surface area (Å²) in [5, 5.41) is 12.3. The van der Waals surface area contributed by atoms with Crippen LogP contribution in [0, 0.1) is 0 Å². The molecule has 0 fully saturated rings. The summed E-state index contributed by atoms with van der Waals surface area (Å²) in [6, 6.07) is 13.3. The summed E-state index contributed by atoms with van der Waals surface area (Å²) in [5.74, 6) is -0.419. The van der Waals surface area contributed by atoms with Gasteiger partial charge in [0, 0.05) is 12.7 Å². The number of hydrogen-bond acceptors (Lipinski definition) is 3. The standard InChI is InChI=1S/C16H18N2O2/c19-14-10-6-12-17-15(14)16(20)18-11-5-4-9-13-7-2-1-3-8-13/h1-3,6-8,10,12,19H,4-5,9,11H2,(H,18,20). The summed E-state index contributed by atoms with van der Waals surface area (Å²) in [7, 11) is 0. The molecule has 0 unspecified atom stereocenters. The summed E-state index contributed by atoms with van der Waals surface area (Å²) in [4.78, 5) is 15.6. The maximum atomic E-state index is 11.8. The maximum absolute atomic E-state index is 11.8. The van der Waals surface area contributed by atoms with Crippen LogP contribution in [0.5, 0.6) is 5.75 Å². The first-order chi connectivity index (χ1) is 9.77. The number of aryl methyl sites for hydroxylation is 1. The van der Waals surface area contributed by atoms with Gasteiger partial charge in [0.2, 0.25) is 0 Å². The highest BCUT2D eigenvalue weighted by molar-refractivity contribution is 5.94. The van der Waals surface area contributed by atoms with Gasteiger partial charge in [0.15, 0.2) is 5.69 Å². The van der Waals surface area contributed by atoms with Crippen molar-refractivity contribution in [1.82, 2.24) is 10.3 Å². The molecule has 4 heteroatoms. The third-order valence-electron chi connectivity index (χ3n) is 3.02. The van der Waals surface area contributed by atoms with Crippen LogP contribution >= 0.6 is 0 Å². The van der Waals surface area contributed by atoms with Crippen molar-refractivity contribution < 1.29 is 9.90 Å². The zero-order chi connectivity index (χ0) is 14.2. The second-order valence-electron chi connectivity index (χ2n) is 4.57. The monoisotopic (exact) mass is 270 g/mol. The molecule has 0 radical (unpaired) electrons. The Morgan fingerprint density at radius 2 is 1.90 bits per heavy atom. The second kappa shape index (κ2) is 7.28. The van der Waals surface area contributed by atoms with E-state index in [2.05, 4.69) is 22.4 Å². The Bertz CT molecular complexity index is 555. The quantitative estimate of drug-likeness (QED) is 0.793. The predicted octanol–water partition coefficient (Wildman–Crippen LogP) is 2.54. The highest BCUT2D eigenvalue weighted by atomic mass is 16.3. The number of unbranched alkanes of at least 4 members (excludes halogenated alkanes) is 1. The van der Waals surface area contributed by atoms with Gasteiger partial charge in [-0.15, -0.1) is 0 Å². The van der Waals surface area contributed by atoms with Crippen LogP contribution < -0.4 is 5.32 Å². The van der Waals surface area contributed by atoms with Crippen molar-refractivity contribution in [2.45, 2.75) is 19.3 Å². The number of carbonyl (C=O) groups is 1. The zero-order valence-electron chi connectivity index (χ0n) is 11.2. The van der Waals surface area contributed by atoms with Crippen molar-refractivity contribution >= 4 is 5.91 Å². The van der Waals surface area contributed by atoms with E-state index in [-0.39, 0.29) is 17.4 Å². The lowest BCUT2D eigenvalue weighted by molar-refractivity contribution is 0.0945. The Hall–Kier alpha value is -2.36. The van der Waals surface area contributed by atoms with Crippen LogP contribution in [0.2, 0.25) is 0 Å². The molecule has 2 N–H and O–H groups in total. The van der Waals surface area contributed by atoms with E-state index in [1.54, 1.807) is 6.07 Å². The topological polar surface area (TPSA) is 62.2 Å². The van der Waals surface area contributed by atoms with Crippen LogP contribution in [-0.2, 0) is 6.42 Å². The molecule has 1 amide bonds. The van der Waals surface area contributed by atoms with Crippen molar-refractivity contribution in [1.29, 1.82) is 0 Å². The zero-order valence-corrected chi connectivity index (χ0v) is 11.2. The van der Waals surface area contributed by atoms with Crippen molar-refractivity contribution in [3.05, 3.63) is 59.9 Å². The lowest BCUT2D eigenvalue weighted by atomic mass is 10.1. The average Bonchev–Trinajstić information content (AvgIpc) is 2.48. The van der Waals surface area contributed by atoms with Crippen molar-refractivity contribution in [2.75, 3.05) is 6.54 Å². The molecule has 0 aliphatic rings. The highest BCUT2D eigenvalue weighted by Crippen LogP contribution is 2.12. The fraction of sp³-hybridized carbons (Fsp3) is 0.250. The Labute approximate surface area is 118 Å². The van der Waals surface area contributed by atoms with Crippen molar-refractivity contribution in [3.8, 4) is 5.75 Å². The number of hydrogen-bond donors (Lipinski definition) is 2. The van der Waals surface area contributed by atoms with Crippen LogP contribution in [0.15, 0.2) is 48.7 Å². The van der Waals surface area contributed by atoms with E-state index in [4.69, 9.17) is 0 Å². The summed E-state index contributed by atoms with van der Waals surface area (Å²) in [6.07, 6.45) is 4.41. The molecule has 1 aromatic carbocycles. The largest absolute Gasteiger partial charge is 0.505 e. The molecule has 0 atom stereocenters. The molecule has 0 bridgehead atoms. The molecule has 0 saturated carbocycles. The van der Waals surface area contributed by atoms with Crippen LogP contribution in [0.4, 0.5) is 0 Å².